The normalized spacial score (nSPS) is 19.2. The van der Waals surface area contributed by atoms with Crippen molar-refractivity contribution in [2.45, 2.75) is 126 Å². The fourth-order valence-corrected chi connectivity index (χ4v) is 16.2. The largest absolute Gasteiger partial charge is 0.490 e. The summed E-state index contributed by atoms with van der Waals surface area (Å²) in [5, 5.41) is 9.29. The van der Waals surface area contributed by atoms with Gasteiger partial charge in [0.2, 0.25) is 17.5 Å². The fourth-order valence-electron chi connectivity index (χ4n) is 11.1. The summed E-state index contributed by atoms with van der Waals surface area (Å²) in [6.45, 7) is 10.6. The van der Waals surface area contributed by atoms with Gasteiger partial charge in [0.15, 0.2) is 5.71 Å². The van der Waals surface area contributed by atoms with Crippen LogP contribution < -0.4 is 27.0 Å². The van der Waals surface area contributed by atoms with Crippen LogP contribution >= 0.6 is 45.1 Å². The number of amides is 2. The summed E-state index contributed by atoms with van der Waals surface area (Å²) in [5.41, 5.74) is 19.8. The van der Waals surface area contributed by atoms with Crippen molar-refractivity contribution < 1.29 is 92.6 Å². The molecule has 2 amide bonds. The van der Waals surface area contributed by atoms with E-state index in [1.54, 1.807) is 22.9 Å². The molecule has 3 aromatic carbocycles. The van der Waals surface area contributed by atoms with Gasteiger partial charge in [-0.25, -0.2) is 23.3 Å². The highest BCUT2D eigenvalue weighted by Gasteiger charge is 2.46. The fraction of sp³-hybridized carbons (Fsp3) is 0.443. The number of para-hydroxylation sites is 1. The number of aromatic nitrogens is 2. The number of esters is 1. The average Bonchev–Trinajstić information content (AvgIpc) is 1.61. The lowest BCUT2D eigenvalue weighted by atomic mass is 9.81. The molecule has 97 heavy (non-hydrogen) atoms. The van der Waals surface area contributed by atoms with Gasteiger partial charge in [0.05, 0.1) is 40.6 Å². The molecule has 0 spiro atoms. The van der Waals surface area contributed by atoms with Crippen LogP contribution in [0.1, 0.15) is 131 Å². The number of nitrogens with one attached hydrogen (secondary N) is 2. The predicted octanol–water partition coefficient (Wildman–Crippen LogP) is 9.47. The molecule has 1 saturated heterocycles. The van der Waals surface area contributed by atoms with E-state index in [0.717, 1.165) is 47.3 Å². The van der Waals surface area contributed by atoms with Crippen molar-refractivity contribution >= 4 is 95.9 Å². The minimum atomic E-state index is -5.91. The number of allylic oxidation sites excluding steroid dienone is 6. The van der Waals surface area contributed by atoms with Crippen molar-refractivity contribution in [3.05, 3.63) is 158 Å². The van der Waals surface area contributed by atoms with Crippen molar-refractivity contribution in [1.29, 1.82) is 0 Å². The van der Waals surface area contributed by atoms with E-state index in [-0.39, 0.29) is 64.0 Å². The summed E-state index contributed by atoms with van der Waals surface area (Å²) < 4.78 is 102. The zero-order chi connectivity index (χ0) is 70.9. The van der Waals surface area contributed by atoms with Gasteiger partial charge in [-0.3, -0.25) is 23.2 Å². The Morgan fingerprint density at radius 1 is 0.928 bits per heavy atom. The first kappa shape index (κ1) is 77.6. The van der Waals surface area contributed by atoms with Gasteiger partial charge in [-0.2, -0.15) is 26.6 Å². The Morgan fingerprint density at radius 3 is 2.37 bits per heavy atom. The predicted molar refractivity (Wildman–Crippen MR) is 364 cm³/mol. The Morgan fingerprint density at radius 2 is 1.64 bits per heavy atom. The summed E-state index contributed by atoms with van der Waals surface area (Å²) >= 11 is 0. The number of nitrogens with two attached hydrogens (primary N) is 1. The highest BCUT2D eigenvalue weighted by atomic mass is 33.1. The zero-order valence-electron chi connectivity index (χ0n) is 53.9. The number of ether oxygens (including phenoxy) is 3. The number of phosphoric acid groups is 3. The van der Waals surface area contributed by atoms with E-state index < -0.39 is 81.7 Å². The SMILES string of the molecule is CC(N=[N+]=[N-])c1ccccc1C(=O)OC1C[C@H](n2cc(C#CCNC(=O)CCCCOCSSCCNC(=O)CCCCCN3\C(=C/C=C/C=C/C4=[N+](C)c5ccc(S(=O)(=O)O)cc5C4(C)C)C(C)(C)c4ccccc43)c(N)nc2=O)O[C@@H]1COP(=O)(O)OP(=O)(O)OP(=O)(O)O. The van der Waals surface area contributed by atoms with Crippen molar-refractivity contribution in [2.24, 2.45) is 5.11 Å². The molecule has 0 saturated carbocycles. The van der Waals surface area contributed by atoms with Crippen LogP contribution in [-0.4, -0.2) is 134 Å². The van der Waals surface area contributed by atoms with Crippen LogP contribution in [0.2, 0.25) is 0 Å². The lowest BCUT2D eigenvalue weighted by molar-refractivity contribution is -0.401. The van der Waals surface area contributed by atoms with E-state index in [9.17, 15) is 55.6 Å². The summed E-state index contributed by atoms with van der Waals surface area (Å²) in [6.07, 6.45) is 10.9. The molecule has 3 aliphatic heterocycles. The Labute approximate surface area is 568 Å². The summed E-state index contributed by atoms with van der Waals surface area (Å²) in [6, 6.07) is 18.2. The van der Waals surface area contributed by atoms with Gasteiger partial charge in [0, 0.05) is 90.3 Å². The van der Waals surface area contributed by atoms with Crippen LogP contribution in [0.4, 0.5) is 17.2 Å². The maximum atomic E-state index is 13.6. The molecular weight excluding hydrogens is 1380 g/mol. The number of fused-ring (bicyclic) bond motifs is 2. The molecule has 30 nitrogen and oxygen atoms in total. The topological polar surface area (TPSA) is 433 Å². The molecule has 0 radical (unpaired) electrons. The van der Waals surface area contributed by atoms with E-state index >= 15 is 0 Å². The minimum absolute atomic E-state index is 0.00302. The molecule has 7 rings (SSSR count). The monoisotopic (exact) mass is 1460 g/mol. The second-order valence-electron chi connectivity index (χ2n) is 23.4. The van der Waals surface area contributed by atoms with Gasteiger partial charge in [-0.05, 0) is 86.5 Å². The molecular formula is C61H78N10O20P3S3+. The molecule has 1 fully saturated rings. The van der Waals surface area contributed by atoms with Gasteiger partial charge in [0.25, 0.3) is 10.1 Å². The van der Waals surface area contributed by atoms with Gasteiger partial charge in [0.1, 0.15) is 37.2 Å². The summed E-state index contributed by atoms with van der Waals surface area (Å²) in [5.74, 6) is 4.99. The second-order valence-corrected chi connectivity index (χ2v) is 31.7. The maximum Gasteiger partial charge on any atom is 0.490 e. The first-order valence-electron chi connectivity index (χ1n) is 30.4. The number of azide groups is 1. The first-order chi connectivity index (χ1) is 45.7. The van der Waals surface area contributed by atoms with Crippen LogP contribution in [-0.2, 0) is 71.6 Å². The molecule has 1 aromatic heterocycles. The third kappa shape index (κ3) is 21.9. The number of nitrogen functional groups attached to an aromatic ring is 1. The van der Waals surface area contributed by atoms with Gasteiger partial charge in [-0.1, -0.05) is 120 Å². The molecule has 4 heterocycles. The lowest BCUT2D eigenvalue weighted by Crippen LogP contribution is -2.31. The number of rotatable bonds is 34. The van der Waals surface area contributed by atoms with Crippen LogP contribution in [0.3, 0.4) is 0 Å². The molecule has 4 aromatic rings. The molecule has 0 aliphatic carbocycles. The third-order valence-electron chi connectivity index (χ3n) is 15.8. The molecule has 6 atom stereocenters. The summed E-state index contributed by atoms with van der Waals surface area (Å²) in [7, 11) is -16.6. The van der Waals surface area contributed by atoms with E-state index in [0.29, 0.717) is 44.1 Å². The standard InChI is InChI=1S/C61H77N10O20P3S3/c1-41(67-68-63)44-21-12-13-22-45(44)58(74)89-50-37-56(88-51(50)39-87-93(79,80)91-94(81,82)90-92(76,77)78)71-38-42(57(62)66-59(71)75)20-19-31-64-54(72)28-16-18-34-86-40-96-95-35-32-65-55(73)27-11-8-17-33-70-49-24-15-14-23-46(49)60(2,3)53(70)26-10-7-9-25-52-61(4,5)47-36-43(97(83,84)85)29-30-48(47)69(52)6/h7,9-10,12-15,21-26,29-30,36,38,41,50-51,56H,8,11,16-18,27-28,31-35,37,39-40H2,1-6H3,(H8-,62,64,65,66,72,73,75,76,77,78,79,80,81,82,83,84,85)/p+1/t41?,50?,51-,56-/m1/s1. The Hall–Kier alpha value is -6.75. The van der Waals surface area contributed by atoms with Gasteiger partial charge < -0.3 is 55.1 Å². The van der Waals surface area contributed by atoms with Crippen molar-refractivity contribution in [2.75, 3.05) is 62.2 Å². The number of carbonyl (C=O) groups is 3. The molecule has 0 bridgehead atoms. The van der Waals surface area contributed by atoms with E-state index in [1.807, 2.05) is 55.8 Å². The second kappa shape index (κ2) is 34.4. The Kier molecular flexibility index (Phi) is 27.5. The first-order valence-corrected chi connectivity index (χ1v) is 38.8. The smallest absolute Gasteiger partial charge is 0.456 e. The Bertz CT molecular complexity index is 4150. The minimum Gasteiger partial charge on any atom is -0.456 e. The van der Waals surface area contributed by atoms with Crippen molar-refractivity contribution in [3.63, 3.8) is 0 Å². The number of phosphoric ester groups is 1. The van der Waals surface area contributed by atoms with Crippen LogP contribution in [0.5, 0.6) is 0 Å². The molecule has 9 N–H and O–H groups in total. The quantitative estimate of drug-likeness (QED) is 0.00175. The number of carbonyl (C=O) groups excluding carboxylic acids is 3. The van der Waals surface area contributed by atoms with Crippen LogP contribution in [0.25, 0.3) is 10.4 Å². The van der Waals surface area contributed by atoms with E-state index in [2.05, 4.69) is 89.1 Å². The zero-order valence-corrected chi connectivity index (χ0v) is 59.0. The lowest BCUT2D eigenvalue weighted by Gasteiger charge is -2.27. The Balaban J connectivity index is 0.777. The van der Waals surface area contributed by atoms with E-state index in [1.165, 1.54) is 71.2 Å². The van der Waals surface area contributed by atoms with Crippen LogP contribution in [0, 0.1) is 11.8 Å². The number of benzene rings is 3. The third-order valence-corrected chi connectivity index (χ3v) is 22.5. The number of hydrogen-bond acceptors (Lipinski definition) is 21. The number of unbranched alkanes of at least 4 members (excludes halogenated alkanes) is 3. The molecule has 4 unspecified atom stereocenters. The molecule has 3 aliphatic rings. The van der Waals surface area contributed by atoms with Gasteiger partial charge >= 0.3 is 35.1 Å². The highest BCUT2D eigenvalue weighted by Crippen LogP contribution is 2.66. The maximum absolute atomic E-state index is 13.6. The van der Waals surface area contributed by atoms with Crippen molar-refractivity contribution in [3.8, 4) is 11.8 Å². The number of hydrogen-bond donors (Lipinski definition) is 8. The van der Waals surface area contributed by atoms with Crippen molar-refractivity contribution in [1.82, 2.24) is 20.2 Å². The summed E-state index contributed by atoms with van der Waals surface area (Å²) in [4.78, 5) is 98.5. The number of nitrogens with zero attached hydrogens (tertiary/aromatic N) is 7. The van der Waals surface area contributed by atoms with Crippen LogP contribution in [0.15, 0.2) is 124 Å². The van der Waals surface area contributed by atoms with E-state index in [4.69, 9.17) is 39.8 Å². The average molecular weight is 1460 g/mol. The molecule has 524 valence electrons. The molecule has 36 heteroatoms. The number of anilines is 2. The van der Waals surface area contributed by atoms with Gasteiger partial charge in [-0.15, -0.1) is 0 Å². The highest BCUT2D eigenvalue weighted by molar-refractivity contribution is 8.76.